The number of hydroxylamine groups is 1. The molecule has 1 heterocycles. The number of nitrogens with one attached hydrogen (secondary N) is 1. The number of benzene rings is 2. The molecule has 3 aromatic rings. The Bertz CT molecular complexity index is 934. The fraction of sp³-hybridized carbons (Fsp3) is 0.0476. The van der Waals surface area contributed by atoms with Crippen molar-refractivity contribution >= 4 is 18.1 Å². The largest absolute Gasteiger partial charge is 0.496 e. The van der Waals surface area contributed by atoms with E-state index in [-0.39, 0.29) is 0 Å². The van der Waals surface area contributed by atoms with E-state index in [9.17, 15) is 4.79 Å². The number of hydrogen-bond donors (Lipinski definition) is 2. The second kappa shape index (κ2) is 8.09. The van der Waals surface area contributed by atoms with Gasteiger partial charge in [-0.1, -0.05) is 36.4 Å². The Balaban J connectivity index is 1.82. The van der Waals surface area contributed by atoms with Gasteiger partial charge in [-0.2, -0.15) is 0 Å². The molecule has 0 unspecified atom stereocenters. The van der Waals surface area contributed by atoms with E-state index in [1.807, 2.05) is 60.7 Å². The van der Waals surface area contributed by atoms with Gasteiger partial charge in [0.25, 0.3) is 5.91 Å². The van der Waals surface area contributed by atoms with Crippen molar-refractivity contribution < 1.29 is 14.7 Å². The number of para-hydroxylation sites is 1. The van der Waals surface area contributed by atoms with Crippen LogP contribution in [0, 0.1) is 0 Å². The van der Waals surface area contributed by atoms with Crippen LogP contribution < -0.4 is 10.2 Å². The van der Waals surface area contributed by atoms with Gasteiger partial charge in [-0.3, -0.25) is 15.0 Å². The van der Waals surface area contributed by atoms with Crippen LogP contribution in [0.5, 0.6) is 5.75 Å². The number of nitrogens with zero attached hydrogens (tertiary/aromatic N) is 1. The number of ether oxygens (including phenoxy) is 1. The molecule has 3 rings (SSSR count). The third kappa shape index (κ3) is 3.96. The van der Waals surface area contributed by atoms with Gasteiger partial charge in [-0.15, -0.1) is 0 Å². The van der Waals surface area contributed by atoms with Crippen molar-refractivity contribution in [2.75, 3.05) is 7.11 Å². The molecular formula is C21H18N2O3. The van der Waals surface area contributed by atoms with Crippen molar-refractivity contribution in [3.05, 3.63) is 83.6 Å². The zero-order valence-corrected chi connectivity index (χ0v) is 14.2. The zero-order chi connectivity index (χ0) is 18.4. The SMILES string of the molecule is COc1ccccc1-c1cc(/C=C/c2ccc(C(=O)NO)cc2)ccn1. The van der Waals surface area contributed by atoms with Crippen LogP contribution in [0.4, 0.5) is 0 Å². The van der Waals surface area contributed by atoms with Crippen LogP contribution in [0.3, 0.4) is 0 Å². The van der Waals surface area contributed by atoms with Gasteiger partial charge < -0.3 is 4.74 Å². The Morgan fingerprint density at radius 2 is 1.77 bits per heavy atom. The summed E-state index contributed by atoms with van der Waals surface area (Å²) in [5.41, 5.74) is 5.72. The fourth-order valence-corrected chi connectivity index (χ4v) is 2.56. The first-order valence-electron chi connectivity index (χ1n) is 8.03. The standard InChI is InChI=1S/C21H18N2O3/c1-26-20-5-3-2-4-18(20)19-14-16(12-13-22-19)7-6-15-8-10-17(11-9-15)21(24)23-25/h2-14,25H,1H3,(H,23,24)/b7-6+. The van der Waals surface area contributed by atoms with E-state index in [1.165, 1.54) is 0 Å². The van der Waals surface area contributed by atoms with Gasteiger partial charge in [0.1, 0.15) is 5.75 Å². The van der Waals surface area contributed by atoms with E-state index in [4.69, 9.17) is 9.94 Å². The maximum atomic E-state index is 11.3. The second-order valence-electron chi connectivity index (χ2n) is 5.57. The summed E-state index contributed by atoms with van der Waals surface area (Å²) in [5, 5.41) is 8.64. The van der Waals surface area contributed by atoms with E-state index in [2.05, 4.69) is 4.98 Å². The lowest BCUT2D eigenvalue weighted by molar-refractivity contribution is 0.0706. The van der Waals surface area contributed by atoms with E-state index in [0.29, 0.717) is 5.56 Å². The predicted molar refractivity (Wildman–Crippen MR) is 101 cm³/mol. The molecule has 5 nitrogen and oxygen atoms in total. The summed E-state index contributed by atoms with van der Waals surface area (Å²) >= 11 is 0. The normalized spacial score (nSPS) is 10.7. The molecule has 2 aromatic carbocycles. The van der Waals surface area contributed by atoms with Crippen LogP contribution >= 0.6 is 0 Å². The number of carbonyl (C=O) groups is 1. The van der Waals surface area contributed by atoms with Crippen LogP contribution in [-0.4, -0.2) is 23.2 Å². The van der Waals surface area contributed by atoms with Crippen molar-refractivity contribution in [3.63, 3.8) is 0 Å². The summed E-state index contributed by atoms with van der Waals surface area (Å²) < 4.78 is 5.40. The van der Waals surface area contributed by atoms with Gasteiger partial charge in [0.15, 0.2) is 0 Å². The zero-order valence-electron chi connectivity index (χ0n) is 14.2. The topological polar surface area (TPSA) is 71.5 Å². The molecule has 0 bridgehead atoms. The Labute approximate surface area is 151 Å². The molecule has 130 valence electrons. The summed E-state index contributed by atoms with van der Waals surface area (Å²) in [6.45, 7) is 0. The highest BCUT2D eigenvalue weighted by molar-refractivity contribution is 5.93. The van der Waals surface area contributed by atoms with Gasteiger partial charge in [-0.05, 0) is 47.5 Å². The lowest BCUT2D eigenvalue weighted by atomic mass is 10.1. The van der Waals surface area contributed by atoms with Gasteiger partial charge in [-0.25, -0.2) is 5.48 Å². The minimum Gasteiger partial charge on any atom is -0.496 e. The molecule has 0 aliphatic rings. The van der Waals surface area contributed by atoms with Gasteiger partial charge >= 0.3 is 0 Å². The smallest absolute Gasteiger partial charge is 0.274 e. The molecule has 0 aliphatic carbocycles. The van der Waals surface area contributed by atoms with Crippen LogP contribution in [0.2, 0.25) is 0 Å². The van der Waals surface area contributed by atoms with Gasteiger partial charge in [0.2, 0.25) is 0 Å². The van der Waals surface area contributed by atoms with E-state index in [0.717, 1.165) is 28.1 Å². The third-order valence-corrected chi connectivity index (χ3v) is 3.91. The Morgan fingerprint density at radius 3 is 2.50 bits per heavy atom. The lowest BCUT2D eigenvalue weighted by Gasteiger charge is -2.07. The number of hydrogen-bond acceptors (Lipinski definition) is 4. The predicted octanol–water partition coefficient (Wildman–Crippen LogP) is 4.05. The van der Waals surface area contributed by atoms with Gasteiger partial charge in [0, 0.05) is 17.3 Å². The van der Waals surface area contributed by atoms with Crippen molar-refractivity contribution in [3.8, 4) is 17.0 Å². The summed E-state index contributed by atoms with van der Waals surface area (Å²) in [7, 11) is 1.64. The second-order valence-corrected chi connectivity index (χ2v) is 5.57. The third-order valence-electron chi connectivity index (χ3n) is 3.91. The van der Waals surface area contributed by atoms with Crippen LogP contribution in [0.1, 0.15) is 21.5 Å². The average Bonchev–Trinajstić information content (AvgIpc) is 2.72. The molecule has 0 fully saturated rings. The maximum Gasteiger partial charge on any atom is 0.274 e. The minimum absolute atomic E-state index is 0.395. The van der Waals surface area contributed by atoms with Crippen LogP contribution in [0.25, 0.3) is 23.4 Å². The molecular weight excluding hydrogens is 328 g/mol. The summed E-state index contributed by atoms with van der Waals surface area (Å²) in [6.07, 6.45) is 5.68. The highest BCUT2D eigenvalue weighted by atomic mass is 16.5. The molecule has 26 heavy (non-hydrogen) atoms. The number of rotatable bonds is 5. The monoisotopic (exact) mass is 346 g/mol. The molecule has 0 atom stereocenters. The lowest BCUT2D eigenvalue weighted by Crippen LogP contribution is -2.18. The number of aromatic nitrogens is 1. The Hall–Kier alpha value is -3.44. The number of pyridine rings is 1. The van der Waals surface area contributed by atoms with Crippen molar-refractivity contribution in [1.82, 2.24) is 10.5 Å². The summed E-state index contributed by atoms with van der Waals surface area (Å²) in [4.78, 5) is 15.8. The van der Waals surface area contributed by atoms with Crippen molar-refractivity contribution in [1.29, 1.82) is 0 Å². The van der Waals surface area contributed by atoms with E-state index in [1.54, 1.807) is 30.9 Å². The van der Waals surface area contributed by atoms with Crippen LogP contribution in [-0.2, 0) is 0 Å². The summed E-state index contributed by atoms with van der Waals surface area (Å²) in [6, 6.07) is 18.6. The molecule has 1 aromatic heterocycles. The first-order chi connectivity index (χ1) is 12.7. The Kier molecular flexibility index (Phi) is 5.41. The molecule has 0 saturated carbocycles. The van der Waals surface area contributed by atoms with E-state index < -0.39 is 5.91 Å². The first-order valence-corrected chi connectivity index (χ1v) is 8.03. The number of methoxy groups -OCH3 is 1. The Morgan fingerprint density at radius 1 is 1.04 bits per heavy atom. The minimum atomic E-state index is -0.531. The number of carbonyl (C=O) groups excluding carboxylic acids is 1. The summed E-state index contributed by atoms with van der Waals surface area (Å²) in [5.74, 6) is 0.245. The fourth-order valence-electron chi connectivity index (χ4n) is 2.56. The molecule has 0 radical (unpaired) electrons. The molecule has 1 amide bonds. The highest BCUT2D eigenvalue weighted by Gasteiger charge is 2.06. The maximum absolute atomic E-state index is 11.3. The number of amides is 1. The molecule has 0 saturated heterocycles. The van der Waals surface area contributed by atoms with Gasteiger partial charge in [0.05, 0.1) is 12.8 Å². The highest BCUT2D eigenvalue weighted by Crippen LogP contribution is 2.28. The first kappa shape index (κ1) is 17.4. The average molecular weight is 346 g/mol. The molecule has 2 N–H and O–H groups in total. The van der Waals surface area contributed by atoms with Crippen molar-refractivity contribution in [2.24, 2.45) is 0 Å². The quantitative estimate of drug-likeness (QED) is 0.540. The molecule has 0 spiro atoms. The molecule has 5 heteroatoms. The van der Waals surface area contributed by atoms with E-state index >= 15 is 0 Å². The molecule has 0 aliphatic heterocycles. The van der Waals surface area contributed by atoms with Crippen LogP contribution in [0.15, 0.2) is 66.9 Å². The van der Waals surface area contributed by atoms with Crippen molar-refractivity contribution in [2.45, 2.75) is 0 Å².